The average molecular weight is 685 g/mol. The van der Waals surface area contributed by atoms with Gasteiger partial charge in [0, 0.05) is 45.3 Å². The zero-order valence-corrected chi connectivity index (χ0v) is 26.2. The number of oxime groups is 1. The molecule has 16 nitrogen and oxygen atoms in total. The second kappa shape index (κ2) is 12.7. The van der Waals surface area contributed by atoms with Crippen LogP contribution in [-0.2, 0) is 30.8 Å². The zero-order chi connectivity index (χ0) is 30.9. The molecule has 0 radical (unpaired) electrons. The SMILES string of the molecule is CCO/N=C(/C(=O)NC1C(=O)N2C(C(=O)[O-])=C(Sc3nc(-c4cc[n+](C)cc4)cs3)CS[C@H]12)c1nsc(NP(=O)(O)O)n1. The number of thiazole rings is 1. The van der Waals surface area contributed by atoms with Crippen LogP contribution in [0.3, 0.4) is 0 Å². The highest BCUT2D eigenvalue weighted by Gasteiger charge is 2.53. The molecule has 0 aromatic carbocycles. The molecule has 2 atom stereocenters. The van der Waals surface area contributed by atoms with Crippen molar-refractivity contribution >= 4 is 82.8 Å². The summed E-state index contributed by atoms with van der Waals surface area (Å²) in [5.41, 5.74) is 0.906. The van der Waals surface area contributed by atoms with Crippen LogP contribution in [0.15, 0.2) is 50.0 Å². The van der Waals surface area contributed by atoms with E-state index in [0.717, 1.165) is 27.9 Å². The molecule has 0 bridgehead atoms. The van der Waals surface area contributed by atoms with Gasteiger partial charge in [0.1, 0.15) is 25.1 Å². The van der Waals surface area contributed by atoms with Crippen molar-refractivity contribution in [3.05, 3.63) is 46.3 Å². The second-order valence-electron chi connectivity index (χ2n) is 8.71. The molecule has 3 aromatic heterocycles. The third-order valence-corrected chi connectivity index (χ3v) is 10.5. The number of fused-ring (bicyclic) bond motifs is 1. The lowest BCUT2D eigenvalue weighted by Gasteiger charge is -2.50. The van der Waals surface area contributed by atoms with Gasteiger partial charge in [-0.25, -0.2) is 14.1 Å². The Hall–Kier alpha value is -3.39. The van der Waals surface area contributed by atoms with Crippen molar-refractivity contribution in [2.45, 2.75) is 22.7 Å². The molecular weight excluding hydrogens is 664 g/mol. The smallest absolute Gasteiger partial charge is 0.429 e. The summed E-state index contributed by atoms with van der Waals surface area (Å²) in [4.78, 5) is 71.5. The normalized spacial score (nSPS) is 18.7. The summed E-state index contributed by atoms with van der Waals surface area (Å²) in [5, 5.41) is 21.1. The average Bonchev–Trinajstić information content (AvgIpc) is 3.60. The lowest BCUT2D eigenvalue weighted by Crippen LogP contribution is -2.71. The molecule has 1 saturated heterocycles. The summed E-state index contributed by atoms with van der Waals surface area (Å²) < 4.78 is 17.6. The number of hydrogen-bond donors (Lipinski definition) is 4. The number of carbonyl (C=O) groups excluding carboxylic acids is 3. The van der Waals surface area contributed by atoms with Gasteiger partial charge >= 0.3 is 7.75 Å². The first-order valence-electron chi connectivity index (χ1n) is 12.1. The molecular formula is C22H21N8O8PS4. The maximum absolute atomic E-state index is 13.1. The van der Waals surface area contributed by atoms with E-state index in [1.54, 1.807) is 6.92 Å². The third kappa shape index (κ3) is 6.90. The van der Waals surface area contributed by atoms with Crippen molar-refractivity contribution in [3.8, 4) is 11.3 Å². The summed E-state index contributed by atoms with van der Waals surface area (Å²) in [5.74, 6) is -3.19. The van der Waals surface area contributed by atoms with Crippen molar-refractivity contribution in [2.24, 2.45) is 12.2 Å². The first kappa shape index (κ1) is 31.0. The molecule has 0 spiro atoms. The minimum Gasteiger partial charge on any atom is -0.543 e. The number of nitrogens with zero attached hydrogens (tertiary/aromatic N) is 6. The predicted molar refractivity (Wildman–Crippen MR) is 155 cm³/mol. The minimum atomic E-state index is -4.68. The largest absolute Gasteiger partial charge is 0.543 e. The Labute approximate surface area is 259 Å². The van der Waals surface area contributed by atoms with E-state index in [2.05, 4.69) is 24.8 Å². The Balaban J connectivity index is 1.31. The van der Waals surface area contributed by atoms with E-state index in [4.69, 9.17) is 14.6 Å². The van der Waals surface area contributed by atoms with Crippen LogP contribution in [0.25, 0.3) is 11.3 Å². The number of amides is 2. The maximum Gasteiger partial charge on any atom is 0.429 e. The van der Waals surface area contributed by atoms with Crippen LogP contribution in [-0.4, -0.2) is 76.3 Å². The first-order valence-corrected chi connectivity index (χ1v) is 17.2. The fourth-order valence-corrected chi connectivity index (χ4v) is 8.59. The number of aliphatic carboxylic acids is 1. The standard InChI is InChI=1S/C22H21N8O8PS4/c1-3-38-26-13(16-25-21(43-28-16)27-39(35,36)37)17(31)24-14-18(32)30-15(20(33)34)12(9-40-19(14)30)42-22-23-11(8-41-22)10-4-6-29(2)7-5-10/h4-8,14,19H,3,9H2,1-2H3,(H4-,24,25,27,28,31,33,34,35,36,37)/b26-13+/t14?,19-/m1/s1. The number of nitrogens with one attached hydrogen (secondary N) is 2. The Morgan fingerprint density at radius 3 is 2.74 bits per heavy atom. The number of carbonyl (C=O) groups is 3. The quantitative estimate of drug-likeness (QED) is 0.0680. The van der Waals surface area contributed by atoms with Crippen LogP contribution in [0.4, 0.5) is 5.13 Å². The zero-order valence-electron chi connectivity index (χ0n) is 22.1. The molecule has 4 N–H and O–H groups in total. The Bertz CT molecular complexity index is 1690. The number of aryl methyl sites for hydroxylation is 1. The number of carboxylic acid groups (broad SMARTS) is 1. The van der Waals surface area contributed by atoms with Crippen molar-refractivity contribution in [2.75, 3.05) is 17.4 Å². The second-order valence-corrected chi connectivity index (χ2v) is 14.1. The Morgan fingerprint density at radius 1 is 1.33 bits per heavy atom. The highest BCUT2D eigenvalue weighted by molar-refractivity contribution is 8.07. The van der Waals surface area contributed by atoms with Crippen LogP contribution >= 0.6 is 54.1 Å². The molecule has 5 rings (SSSR count). The van der Waals surface area contributed by atoms with Gasteiger partial charge in [0.05, 0.1) is 17.4 Å². The molecule has 2 amide bonds. The molecule has 43 heavy (non-hydrogen) atoms. The van der Waals surface area contributed by atoms with Crippen LogP contribution in [0.1, 0.15) is 12.7 Å². The lowest BCUT2D eigenvalue weighted by molar-refractivity contribution is -0.671. The van der Waals surface area contributed by atoms with E-state index in [-0.39, 0.29) is 29.0 Å². The Kier molecular flexibility index (Phi) is 9.16. The number of carboxylic acids is 1. The van der Waals surface area contributed by atoms with Gasteiger partial charge in [-0.3, -0.25) is 19.6 Å². The van der Waals surface area contributed by atoms with E-state index < -0.39 is 42.7 Å². The lowest BCUT2D eigenvalue weighted by atomic mass is 10.0. The molecule has 226 valence electrons. The maximum atomic E-state index is 13.1. The number of β-lactam (4-membered cyclic amide) rings is 1. The van der Waals surface area contributed by atoms with Gasteiger partial charge in [0.2, 0.25) is 16.7 Å². The van der Waals surface area contributed by atoms with E-state index in [9.17, 15) is 24.1 Å². The number of pyridine rings is 1. The number of rotatable bonds is 11. The number of thioether (sulfide) groups is 2. The van der Waals surface area contributed by atoms with Crippen molar-refractivity contribution in [1.29, 1.82) is 0 Å². The van der Waals surface area contributed by atoms with Crippen molar-refractivity contribution < 1.29 is 43.2 Å². The number of aromatic nitrogens is 4. The van der Waals surface area contributed by atoms with Gasteiger partial charge < -0.3 is 29.8 Å². The molecule has 5 heterocycles. The summed E-state index contributed by atoms with van der Waals surface area (Å²) in [6.07, 6.45) is 3.78. The monoisotopic (exact) mass is 684 g/mol. The predicted octanol–water partition coefficient (Wildman–Crippen LogP) is -0.115. The van der Waals surface area contributed by atoms with Crippen LogP contribution in [0.5, 0.6) is 0 Å². The molecule has 2 aliphatic rings. The van der Waals surface area contributed by atoms with E-state index >= 15 is 0 Å². The van der Waals surface area contributed by atoms with E-state index in [1.165, 1.54) is 23.1 Å². The van der Waals surface area contributed by atoms with Gasteiger partial charge in [0.15, 0.2) is 16.7 Å². The topological polar surface area (TPSA) is 223 Å². The van der Waals surface area contributed by atoms with Crippen LogP contribution < -0.4 is 20.1 Å². The highest BCUT2D eigenvalue weighted by atomic mass is 32.2. The van der Waals surface area contributed by atoms with Crippen molar-refractivity contribution in [3.63, 3.8) is 0 Å². The van der Waals surface area contributed by atoms with E-state index in [0.29, 0.717) is 20.8 Å². The molecule has 2 aliphatic heterocycles. The molecule has 0 aliphatic carbocycles. The summed E-state index contributed by atoms with van der Waals surface area (Å²) in [7, 11) is -2.78. The first-order chi connectivity index (χ1) is 20.4. The highest BCUT2D eigenvalue weighted by Crippen LogP contribution is 2.45. The minimum absolute atomic E-state index is 0.0774. The summed E-state index contributed by atoms with van der Waals surface area (Å²) in [6.45, 7) is 1.69. The number of hydrogen-bond acceptors (Lipinski definition) is 14. The van der Waals surface area contributed by atoms with Gasteiger partial charge in [-0.2, -0.15) is 9.36 Å². The molecule has 21 heteroatoms. The third-order valence-electron chi connectivity index (χ3n) is 5.76. The summed E-state index contributed by atoms with van der Waals surface area (Å²) in [6, 6.07) is 2.72. The van der Waals surface area contributed by atoms with Crippen molar-refractivity contribution in [1.82, 2.24) is 24.6 Å². The summed E-state index contributed by atoms with van der Waals surface area (Å²) >= 11 is 4.31. The van der Waals surface area contributed by atoms with E-state index in [1.807, 2.05) is 46.6 Å². The molecule has 1 fully saturated rings. The molecule has 0 saturated carbocycles. The molecule has 1 unspecified atom stereocenters. The van der Waals surface area contributed by atoms with Crippen LogP contribution in [0, 0.1) is 0 Å². The van der Waals surface area contributed by atoms with Gasteiger partial charge in [-0.15, -0.1) is 23.1 Å². The number of anilines is 1. The van der Waals surface area contributed by atoms with Gasteiger partial charge in [-0.05, 0) is 6.92 Å². The van der Waals surface area contributed by atoms with Gasteiger partial charge in [-0.1, -0.05) is 16.9 Å². The molecule has 3 aromatic rings. The fourth-order valence-electron chi connectivity index (χ4n) is 3.89. The Morgan fingerprint density at radius 2 is 2.07 bits per heavy atom. The van der Waals surface area contributed by atoms with Crippen LogP contribution in [0.2, 0.25) is 0 Å². The fraction of sp³-hybridized carbons (Fsp3) is 0.273. The van der Waals surface area contributed by atoms with Gasteiger partial charge in [0.25, 0.3) is 11.8 Å².